The Balaban J connectivity index is 1.76. The van der Waals surface area contributed by atoms with E-state index in [1.165, 1.54) is 30.6 Å². The number of hydrogen-bond acceptors (Lipinski definition) is 7. The van der Waals surface area contributed by atoms with Gasteiger partial charge in [0.15, 0.2) is 0 Å². The molecule has 1 aliphatic rings. The first-order valence-corrected chi connectivity index (χ1v) is 12.8. The minimum absolute atomic E-state index is 0.0214. The predicted molar refractivity (Wildman–Crippen MR) is 120 cm³/mol. The number of esters is 1. The van der Waals surface area contributed by atoms with Crippen molar-refractivity contribution in [2.45, 2.75) is 50.5 Å². The average Bonchev–Trinajstić information content (AvgIpc) is 3.22. The van der Waals surface area contributed by atoms with Gasteiger partial charge in [0.2, 0.25) is 0 Å². The van der Waals surface area contributed by atoms with E-state index in [0.717, 1.165) is 47.5 Å². The third-order valence-corrected chi connectivity index (χ3v) is 8.80. The average molecular weight is 467 g/mol. The smallest absolute Gasteiger partial charge is 0.341 e. The topological polar surface area (TPSA) is 94.5 Å². The Kier molecular flexibility index (Phi) is 5.50. The van der Waals surface area contributed by atoms with Crippen molar-refractivity contribution in [1.29, 1.82) is 0 Å². The lowest BCUT2D eigenvalue weighted by atomic mass is 9.95. The number of anilines is 1. The molecule has 1 N–H and O–H groups in total. The summed E-state index contributed by atoms with van der Waals surface area (Å²) in [7, 11) is -2.65. The van der Waals surface area contributed by atoms with E-state index in [1.807, 2.05) is 13.8 Å². The van der Waals surface area contributed by atoms with Crippen LogP contribution >= 0.6 is 22.7 Å². The first-order chi connectivity index (χ1) is 14.2. The van der Waals surface area contributed by atoms with Gasteiger partial charge in [-0.25, -0.2) is 13.2 Å². The molecule has 2 heterocycles. The van der Waals surface area contributed by atoms with E-state index in [9.17, 15) is 18.0 Å². The zero-order valence-electron chi connectivity index (χ0n) is 16.9. The Hall–Kier alpha value is -2.17. The molecule has 2 aromatic heterocycles. The molecule has 0 unspecified atom stereocenters. The molecule has 1 aliphatic carbocycles. The molecule has 0 amide bonds. The van der Waals surface area contributed by atoms with Crippen LogP contribution in [0.1, 0.15) is 53.5 Å². The van der Waals surface area contributed by atoms with Crippen LogP contribution in [0.4, 0.5) is 5.00 Å². The highest BCUT2D eigenvalue weighted by molar-refractivity contribution is 7.93. The highest BCUT2D eigenvalue weighted by atomic mass is 32.2. The lowest BCUT2D eigenvalue weighted by Crippen LogP contribution is -2.16. The molecule has 0 bridgehead atoms. The number of carbonyl (C=O) groups excluding carboxylic acids is 1. The van der Waals surface area contributed by atoms with Crippen LogP contribution in [0.15, 0.2) is 27.9 Å². The van der Waals surface area contributed by atoms with E-state index >= 15 is 0 Å². The molecule has 0 spiro atoms. The fraction of sp³-hybridized carbons (Fsp3) is 0.400. The molecule has 7 nitrogen and oxygen atoms in total. The molecule has 0 atom stereocenters. The van der Waals surface area contributed by atoms with Crippen LogP contribution in [0.2, 0.25) is 0 Å². The lowest BCUT2D eigenvalue weighted by molar-refractivity contribution is 0.0601. The number of hydrogen-bond donors (Lipinski definition) is 1. The van der Waals surface area contributed by atoms with Crippen molar-refractivity contribution in [3.63, 3.8) is 0 Å². The normalized spacial score (nSPS) is 14.1. The molecule has 3 aromatic rings. The third-order valence-electron chi connectivity index (χ3n) is 5.20. The maximum atomic E-state index is 13.1. The number of carbonyl (C=O) groups is 1. The number of sulfonamides is 1. The van der Waals surface area contributed by atoms with Gasteiger partial charge >= 0.3 is 10.8 Å². The summed E-state index contributed by atoms with van der Waals surface area (Å²) in [5, 5.41) is 0.293. The monoisotopic (exact) mass is 466 g/mol. The van der Waals surface area contributed by atoms with Gasteiger partial charge in [0.05, 0.1) is 27.8 Å². The largest absolute Gasteiger partial charge is 0.465 e. The zero-order chi connectivity index (χ0) is 21.6. The van der Waals surface area contributed by atoms with Crippen molar-refractivity contribution in [3.05, 3.63) is 43.9 Å². The van der Waals surface area contributed by atoms with Crippen LogP contribution in [0.5, 0.6) is 0 Å². The van der Waals surface area contributed by atoms with E-state index in [4.69, 9.17) is 4.74 Å². The van der Waals surface area contributed by atoms with Gasteiger partial charge in [0.1, 0.15) is 5.00 Å². The van der Waals surface area contributed by atoms with E-state index in [2.05, 4.69) is 4.72 Å². The van der Waals surface area contributed by atoms with Crippen LogP contribution in [0, 0.1) is 0 Å². The number of nitrogens with zero attached hydrogens (tertiary/aromatic N) is 1. The number of thiophene rings is 1. The molecule has 10 heteroatoms. The SMILES string of the molecule is COC(=O)c1c(NS(=O)(=O)c2ccc3c(c2)sc(=O)n3C(C)C)sc2c1CCCC2. The molecule has 1 aromatic carbocycles. The van der Waals surface area contributed by atoms with Crippen LogP contribution in [0.3, 0.4) is 0 Å². The maximum absolute atomic E-state index is 13.1. The minimum atomic E-state index is -3.94. The van der Waals surface area contributed by atoms with Gasteiger partial charge in [0, 0.05) is 10.9 Å². The van der Waals surface area contributed by atoms with Crippen molar-refractivity contribution in [2.75, 3.05) is 11.8 Å². The molecular formula is C20H22N2O5S3. The van der Waals surface area contributed by atoms with Gasteiger partial charge in [-0.1, -0.05) is 11.3 Å². The van der Waals surface area contributed by atoms with Gasteiger partial charge < -0.3 is 4.74 Å². The molecule has 0 saturated carbocycles. The highest BCUT2D eigenvalue weighted by Gasteiger charge is 2.29. The van der Waals surface area contributed by atoms with Gasteiger partial charge in [-0.3, -0.25) is 14.1 Å². The van der Waals surface area contributed by atoms with Gasteiger partial charge in [-0.2, -0.15) is 0 Å². The fourth-order valence-electron chi connectivity index (χ4n) is 3.81. The second-order valence-corrected chi connectivity index (χ2v) is 11.3. The summed E-state index contributed by atoms with van der Waals surface area (Å²) < 4.78 is 36.0. The summed E-state index contributed by atoms with van der Waals surface area (Å²) >= 11 is 2.32. The van der Waals surface area contributed by atoms with Crippen molar-refractivity contribution >= 4 is 53.9 Å². The molecule has 4 rings (SSSR count). The highest BCUT2D eigenvalue weighted by Crippen LogP contribution is 2.39. The van der Waals surface area contributed by atoms with Crippen LogP contribution in [-0.2, 0) is 27.6 Å². The quantitative estimate of drug-likeness (QED) is 0.570. The number of aromatic nitrogens is 1. The number of benzene rings is 1. The number of methoxy groups -OCH3 is 1. The Labute approximate surface area is 182 Å². The molecular weight excluding hydrogens is 444 g/mol. The van der Waals surface area contributed by atoms with E-state index in [0.29, 0.717) is 20.8 Å². The molecule has 0 radical (unpaired) electrons. The Morgan fingerprint density at radius 2 is 1.93 bits per heavy atom. The summed E-state index contributed by atoms with van der Waals surface area (Å²) in [4.78, 5) is 25.6. The maximum Gasteiger partial charge on any atom is 0.341 e. The van der Waals surface area contributed by atoms with Gasteiger partial charge in [-0.15, -0.1) is 11.3 Å². The Bertz CT molecular complexity index is 1300. The molecule has 0 saturated heterocycles. The fourth-order valence-corrected chi connectivity index (χ4v) is 7.55. The van der Waals surface area contributed by atoms with Gasteiger partial charge in [0.25, 0.3) is 10.0 Å². The molecule has 0 aliphatic heterocycles. The van der Waals surface area contributed by atoms with Crippen molar-refractivity contribution in [1.82, 2.24) is 4.57 Å². The molecule has 160 valence electrons. The summed E-state index contributed by atoms with van der Waals surface area (Å²) in [6, 6.07) is 4.63. The van der Waals surface area contributed by atoms with E-state index in [-0.39, 0.29) is 15.8 Å². The van der Waals surface area contributed by atoms with Crippen molar-refractivity contribution in [2.24, 2.45) is 0 Å². The van der Waals surface area contributed by atoms with Crippen LogP contribution < -0.4 is 9.60 Å². The third kappa shape index (κ3) is 3.57. The zero-order valence-corrected chi connectivity index (χ0v) is 19.3. The standard InChI is InChI=1S/C20H22N2O5S3/c1-11(2)22-14-9-8-12(10-16(14)29-20(22)24)30(25,26)21-18-17(19(23)27-3)13-6-4-5-7-15(13)28-18/h8-11,21H,4-7H2,1-3H3. The number of ether oxygens (including phenoxy) is 1. The van der Waals surface area contributed by atoms with Crippen LogP contribution in [-0.4, -0.2) is 26.1 Å². The van der Waals surface area contributed by atoms with Crippen molar-refractivity contribution in [3.8, 4) is 0 Å². The summed E-state index contributed by atoms with van der Waals surface area (Å²) in [5.74, 6) is -0.533. The first kappa shape index (κ1) is 21.1. The summed E-state index contributed by atoms with van der Waals surface area (Å²) in [6.45, 7) is 3.82. The first-order valence-electron chi connectivity index (χ1n) is 9.63. The number of rotatable bonds is 5. The van der Waals surface area contributed by atoms with Gasteiger partial charge in [-0.05, 0) is 63.3 Å². The Morgan fingerprint density at radius 1 is 1.20 bits per heavy atom. The number of nitrogens with one attached hydrogen (secondary N) is 1. The van der Waals surface area contributed by atoms with Crippen molar-refractivity contribution < 1.29 is 17.9 Å². The Morgan fingerprint density at radius 3 is 2.63 bits per heavy atom. The van der Waals surface area contributed by atoms with E-state index in [1.54, 1.807) is 10.6 Å². The number of fused-ring (bicyclic) bond motifs is 2. The second kappa shape index (κ2) is 7.82. The minimum Gasteiger partial charge on any atom is -0.465 e. The molecule has 30 heavy (non-hydrogen) atoms. The lowest BCUT2D eigenvalue weighted by Gasteiger charge is -2.12. The number of aryl methyl sites for hydroxylation is 1. The molecule has 0 fully saturated rings. The van der Waals surface area contributed by atoms with E-state index < -0.39 is 16.0 Å². The second-order valence-electron chi connectivity index (χ2n) is 7.47. The summed E-state index contributed by atoms with van der Waals surface area (Å²) in [6.07, 6.45) is 3.54. The predicted octanol–water partition coefficient (Wildman–Crippen LogP) is 4.17. The summed E-state index contributed by atoms with van der Waals surface area (Å²) in [5.41, 5.74) is 1.91. The van der Waals surface area contributed by atoms with Crippen LogP contribution in [0.25, 0.3) is 10.2 Å². The number of thiazole rings is 1.